The number of hydrogen-bond donors (Lipinski definition) is 2. The molecule has 0 aromatic heterocycles. The summed E-state index contributed by atoms with van der Waals surface area (Å²) in [7, 11) is 0. The second-order valence-electron chi connectivity index (χ2n) is 7.71. The van der Waals surface area contributed by atoms with Gasteiger partial charge < -0.3 is 29.6 Å². The summed E-state index contributed by atoms with van der Waals surface area (Å²) < 4.78 is 22.0. The minimum Gasteiger partial charge on any atom is -0.489 e. The molecule has 2 N–H and O–H groups in total. The lowest BCUT2D eigenvalue weighted by Gasteiger charge is -2.14. The molecule has 0 aliphatic carbocycles. The van der Waals surface area contributed by atoms with E-state index in [-0.39, 0.29) is 19.2 Å². The first-order valence-corrected chi connectivity index (χ1v) is 11.1. The summed E-state index contributed by atoms with van der Waals surface area (Å²) in [6.45, 7) is 1.44. The Kier molecular flexibility index (Phi) is 6.14. The van der Waals surface area contributed by atoms with Crippen LogP contribution in [0.5, 0.6) is 23.0 Å². The molecule has 174 valence electrons. The number of carbonyl (C=O) groups excluding carboxylic acids is 2. The molecule has 0 saturated carbocycles. The summed E-state index contributed by atoms with van der Waals surface area (Å²) in [5, 5.41) is 5.96. The van der Waals surface area contributed by atoms with E-state index in [1.807, 2.05) is 12.1 Å². The van der Waals surface area contributed by atoms with Crippen LogP contribution in [-0.2, 0) is 6.54 Å². The number of fused-ring (bicyclic) bond motifs is 2. The zero-order valence-corrected chi connectivity index (χ0v) is 18.8. The summed E-state index contributed by atoms with van der Waals surface area (Å²) in [5.74, 6) is 1.42. The molecule has 2 amide bonds. The van der Waals surface area contributed by atoms with Crippen LogP contribution in [0.4, 0.5) is 5.69 Å². The van der Waals surface area contributed by atoms with E-state index in [9.17, 15) is 9.59 Å². The monoisotopic (exact) mass is 480 g/mol. The SMILES string of the molecule is O=C(Nc1ccccc1C(=O)NCc1ccc2c(c1)OCO2)c1cc(Cl)c2c(c1)OCCCO2. The predicted octanol–water partition coefficient (Wildman–Crippen LogP) is 4.41. The average molecular weight is 481 g/mol. The van der Waals surface area contributed by atoms with Gasteiger partial charge in [-0.15, -0.1) is 0 Å². The summed E-state index contributed by atoms with van der Waals surface area (Å²) in [6, 6.07) is 15.4. The maximum absolute atomic E-state index is 13.0. The Hall–Kier alpha value is -3.91. The van der Waals surface area contributed by atoms with Gasteiger partial charge in [-0.1, -0.05) is 29.8 Å². The van der Waals surface area contributed by atoms with Gasteiger partial charge in [0.25, 0.3) is 11.8 Å². The Morgan fingerprint density at radius 3 is 2.59 bits per heavy atom. The minimum absolute atomic E-state index is 0.187. The Bertz CT molecular complexity index is 1260. The molecule has 8 nitrogen and oxygen atoms in total. The highest BCUT2D eigenvalue weighted by molar-refractivity contribution is 6.32. The largest absolute Gasteiger partial charge is 0.489 e. The van der Waals surface area contributed by atoms with E-state index in [4.69, 9.17) is 30.5 Å². The molecule has 0 unspecified atom stereocenters. The molecule has 0 saturated heterocycles. The van der Waals surface area contributed by atoms with Crippen molar-refractivity contribution >= 4 is 29.1 Å². The fourth-order valence-corrected chi connectivity index (χ4v) is 3.94. The third-order valence-corrected chi connectivity index (χ3v) is 5.66. The van der Waals surface area contributed by atoms with E-state index >= 15 is 0 Å². The van der Waals surface area contributed by atoms with Gasteiger partial charge in [-0.2, -0.15) is 0 Å². The molecule has 2 aliphatic rings. The number of nitrogens with one attached hydrogen (secondary N) is 2. The second kappa shape index (κ2) is 9.52. The fourth-order valence-electron chi connectivity index (χ4n) is 3.67. The van der Waals surface area contributed by atoms with Gasteiger partial charge >= 0.3 is 0 Å². The van der Waals surface area contributed by atoms with Crippen LogP contribution in [0.1, 0.15) is 32.7 Å². The van der Waals surface area contributed by atoms with Crippen LogP contribution in [0.2, 0.25) is 5.02 Å². The van der Waals surface area contributed by atoms with Gasteiger partial charge in [0, 0.05) is 18.5 Å². The van der Waals surface area contributed by atoms with Crippen molar-refractivity contribution in [2.24, 2.45) is 0 Å². The van der Waals surface area contributed by atoms with Crippen molar-refractivity contribution in [3.63, 3.8) is 0 Å². The van der Waals surface area contributed by atoms with Crippen LogP contribution >= 0.6 is 11.6 Å². The van der Waals surface area contributed by atoms with Gasteiger partial charge in [0.05, 0.1) is 29.5 Å². The van der Waals surface area contributed by atoms with Crippen LogP contribution < -0.4 is 29.6 Å². The van der Waals surface area contributed by atoms with Gasteiger partial charge in [-0.25, -0.2) is 0 Å². The molecule has 3 aromatic rings. The molecular formula is C25H21ClN2O6. The number of ether oxygens (including phenoxy) is 4. The van der Waals surface area contributed by atoms with E-state index < -0.39 is 5.91 Å². The highest BCUT2D eigenvalue weighted by Crippen LogP contribution is 2.38. The molecule has 2 aliphatic heterocycles. The first-order valence-electron chi connectivity index (χ1n) is 10.7. The quantitative estimate of drug-likeness (QED) is 0.561. The molecule has 0 atom stereocenters. The third-order valence-electron chi connectivity index (χ3n) is 5.37. The maximum atomic E-state index is 13.0. The lowest BCUT2D eigenvalue weighted by atomic mass is 10.1. The van der Waals surface area contributed by atoms with E-state index in [1.165, 1.54) is 6.07 Å². The molecule has 0 spiro atoms. The van der Waals surface area contributed by atoms with E-state index in [0.717, 1.165) is 12.0 Å². The number of amides is 2. The Morgan fingerprint density at radius 1 is 0.853 bits per heavy atom. The predicted molar refractivity (Wildman–Crippen MR) is 125 cm³/mol. The topological polar surface area (TPSA) is 95.1 Å². The number of para-hydroxylation sites is 1. The lowest BCUT2D eigenvalue weighted by molar-refractivity contribution is 0.0951. The smallest absolute Gasteiger partial charge is 0.255 e. The van der Waals surface area contributed by atoms with Gasteiger partial charge in [0.2, 0.25) is 6.79 Å². The normalized spacial score (nSPS) is 13.7. The van der Waals surface area contributed by atoms with Crippen molar-refractivity contribution in [3.05, 3.63) is 76.3 Å². The number of hydrogen-bond acceptors (Lipinski definition) is 6. The first-order chi connectivity index (χ1) is 16.6. The van der Waals surface area contributed by atoms with Crippen LogP contribution in [0.25, 0.3) is 0 Å². The van der Waals surface area contributed by atoms with Crippen molar-refractivity contribution in [1.82, 2.24) is 5.32 Å². The summed E-state index contributed by atoms with van der Waals surface area (Å²) in [5.41, 5.74) is 1.86. The standard InChI is InChI=1S/C25H21ClN2O6/c26-18-11-16(12-22-23(18)32-9-3-8-31-22)24(29)28-19-5-2-1-4-17(19)25(30)27-13-15-6-7-20-21(10-15)34-14-33-20/h1-2,4-7,10-12H,3,8-9,13-14H2,(H,27,30)(H,28,29). The zero-order chi connectivity index (χ0) is 23.5. The number of benzene rings is 3. The molecule has 34 heavy (non-hydrogen) atoms. The maximum Gasteiger partial charge on any atom is 0.255 e. The third kappa shape index (κ3) is 4.58. The summed E-state index contributed by atoms with van der Waals surface area (Å²) >= 11 is 6.32. The number of carbonyl (C=O) groups is 2. The minimum atomic E-state index is -0.423. The number of halogens is 1. The molecule has 0 radical (unpaired) electrons. The second-order valence-corrected chi connectivity index (χ2v) is 8.11. The first kappa shape index (κ1) is 21.9. The van der Waals surface area contributed by atoms with E-state index in [2.05, 4.69) is 10.6 Å². The Labute approximate surface area is 200 Å². The van der Waals surface area contributed by atoms with Gasteiger partial charge in [0.1, 0.15) is 0 Å². The molecule has 5 rings (SSSR count). The fraction of sp³-hybridized carbons (Fsp3) is 0.200. The van der Waals surface area contributed by atoms with E-state index in [0.29, 0.717) is 58.0 Å². The van der Waals surface area contributed by atoms with Crippen molar-refractivity contribution < 1.29 is 28.5 Å². The summed E-state index contributed by atoms with van der Waals surface area (Å²) in [4.78, 5) is 25.9. The van der Waals surface area contributed by atoms with Gasteiger partial charge in [-0.05, 0) is 42.0 Å². The van der Waals surface area contributed by atoms with Crippen molar-refractivity contribution in [1.29, 1.82) is 0 Å². The van der Waals surface area contributed by atoms with Gasteiger partial charge in [0.15, 0.2) is 23.0 Å². The van der Waals surface area contributed by atoms with Crippen LogP contribution in [0.3, 0.4) is 0 Å². The van der Waals surface area contributed by atoms with Crippen LogP contribution in [0.15, 0.2) is 54.6 Å². The molecular weight excluding hydrogens is 460 g/mol. The molecule has 0 fully saturated rings. The highest BCUT2D eigenvalue weighted by Gasteiger charge is 2.20. The Morgan fingerprint density at radius 2 is 1.68 bits per heavy atom. The molecule has 0 bridgehead atoms. The van der Waals surface area contributed by atoms with Crippen molar-refractivity contribution in [2.45, 2.75) is 13.0 Å². The van der Waals surface area contributed by atoms with Crippen molar-refractivity contribution in [3.8, 4) is 23.0 Å². The van der Waals surface area contributed by atoms with Crippen LogP contribution in [-0.4, -0.2) is 31.8 Å². The van der Waals surface area contributed by atoms with Crippen LogP contribution in [0, 0.1) is 0 Å². The average Bonchev–Trinajstić information content (AvgIpc) is 3.18. The van der Waals surface area contributed by atoms with Gasteiger partial charge in [-0.3, -0.25) is 9.59 Å². The molecule has 9 heteroatoms. The lowest BCUT2D eigenvalue weighted by Crippen LogP contribution is -2.25. The molecule has 2 heterocycles. The summed E-state index contributed by atoms with van der Waals surface area (Å²) in [6.07, 6.45) is 0.723. The van der Waals surface area contributed by atoms with E-state index in [1.54, 1.807) is 36.4 Å². The molecule has 3 aromatic carbocycles. The highest BCUT2D eigenvalue weighted by atomic mass is 35.5. The Balaban J connectivity index is 1.30. The number of anilines is 1. The number of rotatable bonds is 5. The zero-order valence-electron chi connectivity index (χ0n) is 18.1. The van der Waals surface area contributed by atoms with Crippen molar-refractivity contribution in [2.75, 3.05) is 25.3 Å².